The summed E-state index contributed by atoms with van der Waals surface area (Å²) in [6.45, 7) is 5.46. The van der Waals surface area contributed by atoms with Gasteiger partial charge in [0.1, 0.15) is 12.2 Å². The molecule has 1 aliphatic heterocycles. The number of aliphatic hydroxyl groups is 1. The molecule has 1 aliphatic rings. The van der Waals surface area contributed by atoms with Crippen LogP contribution in [-0.2, 0) is 4.74 Å². The quantitative estimate of drug-likeness (QED) is 0.825. The highest BCUT2D eigenvalue weighted by molar-refractivity contribution is 5.93. The summed E-state index contributed by atoms with van der Waals surface area (Å²) in [5.74, 6) is -0.648. The van der Waals surface area contributed by atoms with Crippen LogP contribution in [0.4, 0.5) is 5.69 Å². The number of anilines is 1. The minimum Gasteiger partial charge on any atom is -0.489 e. The minimum absolute atomic E-state index is 0.0650. The molecule has 6 nitrogen and oxygen atoms in total. The fourth-order valence-electron chi connectivity index (χ4n) is 2.27. The Morgan fingerprint density at radius 2 is 2.24 bits per heavy atom. The Kier molecular flexibility index (Phi) is 5.03. The molecule has 0 spiro atoms. The van der Waals surface area contributed by atoms with Crippen LogP contribution in [0.2, 0.25) is 0 Å². The van der Waals surface area contributed by atoms with Crippen LogP contribution in [0.5, 0.6) is 5.75 Å². The van der Waals surface area contributed by atoms with Crippen molar-refractivity contribution in [1.29, 1.82) is 0 Å². The van der Waals surface area contributed by atoms with E-state index < -0.39 is 12.1 Å². The van der Waals surface area contributed by atoms with E-state index >= 15 is 0 Å². The SMILES string of the molecule is CC(C)OCC(O)CN1CCOc2c(C(=O)O)cccc21. The molecule has 0 amide bonds. The molecule has 1 unspecified atom stereocenters. The largest absolute Gasteiger partial charge is 0.489 e. The first-order chi connectivity index (χ1) is 9.99. The van der Waals surface area contributed by atoms with Gasteiger partial charge in [-0.3, -0.25) is 0 Å². The third kappa shape index (κ3) is 3.86. The molecule has 2 rings (SSSR count). The van der Waals surface area contributed by atoms with Gasteiger partial charge in [-0.25, -0.2) is 4.79 Å². The molecule has 0 saturated heterocycles. The van der Waals surface area contributed by atoms with Crippen molar-refractivity contribution >= 4 is 11.7 Å². The van der Waals surface area contributed by atoms with Gasteiger partial charge in [0.2, 0.25) is 0 Å². The number of rotatable bonds is 6. The van der Waals surface area contributed by atoms with Gasteiger partial charge in [-0.15, -0.1) is 0 Å². The summed E-state index contributed by atoms with van der Waals surface area (Å²) in [5, 5.41) is 19.2. The van der Waals surface area contributed by atoms with Crippen molar-refractivity contribution in [3.63, 3.8) is 0 Å². The van der Waals surface area contributed by atoms with Gasteiger partial charge < -0.3 is 24.6 Å². The molecule has 2 N–H and O–H groups in total. The van der Waals surface area contributed by atoms with E-state index in [1.165, 1.54) is 6.07 Å². The molecule has 1 heterocycles. The number of benzene rings is 1. The first-order valence-corrected chi connectivity index (χ1v) is 7.02. The zero-order valence-corrected chi connectivity index (χ0v) is 12.3. The lowest BCUT2D eigenvalue weighted by Gasteiger charge is -2.33. The predicted molar refractivity (Wildman–Crippen MR) is 78.2 cm³/mol. The molecule has 0 radical (unpaired) electrons. The van der Waals surface area contributed by atoms with Crippen LogP contribution in [0, 0.1) is 0 Å². The van der Waals surface area contributed by atoms with E-state index in [1.807, 2.05) is 18.7 Å². The van der Waals surface area contributed by atoms with E-state index in [-0.39, 0.29) is 18.3 Å². The Labute approximate surface area is 123 Å². The number of β-amino-alcohol motifs (C(OH)–C–C–N with tert-alkyl or cyclic N) is 1. The predicted octanol–water partition coefficient (Wildman–Crippen LogP) is 1.37. The van der Waals surface area contributed by atoms with Gasteiger partial charge in [0.25, 0.3) is 0 Å². The number of hydrogen-bond donors (Lipinski definition) is 2. The number of aliphatic hydroxyl groups excluding tert-OH is 1. The van der Waals surface area contributed by atoms with Crippen molar-refractivity contribution < 1.29 is 24.5 Å². The van der Waals surface area contributed by atoms with Gasteiger partial charge in [-0.2, -0.15) is 0 Å². The molecule has 21 heavy (non-hydrogen) atoms. The summed E-state index contributed by atoms with van der Waals surface area (Å²) in [4.78, 5) is 13.1. The molecular weight excluding hydrogens is 274 g/mol. The van der Waals surface area contributed by atoms with Crippen LogP contribution in [0.15, 0.2) is 18.2 Å². The molecule has 0 aromatic heterocycles. The molecule has 0 bridgehead atoms. The zero-order chi connectivity index (χ0) is 15.4. The van der Waals surface area contributed by atoms with E-state index in [0.717, 1.165) is 0 Å². The average molecular weight is 295 g/mol. The van der Waals surface area contributed by atoms with Crippen LogP contribution in [0.3, 0.4) is 0 Å². The molecule has 0 fully saturated rings. The number of carboxylic acid groups (broad SMARTS) is 1. The lowest BCUT2D eigenvalue weighted by Crippen LogP contribution is -2.40. The lowest BCUT2D eigenvalue weighted by molar-refractivity contribution is 0.00849. The van der Waals surface area contributed by atoms with Gasteiger partial charge in [0.15, 0.2) is 5.75 Å². The Morgan fingerprint density at radius 3 is 2.90 bits per heavy atom. The molecule has 1 aromatic carbocycles. The third-order valence-electron chi connectivity index (χ3n) is 3.23. The van der Waals surface area contributed by atoms with Crippen LogP contribution in [0.25, 0.3) is 0 Å². The maximum Gasteiger partial charge on any atom is 0.339 e. The highest BCUT2D eigenvalue weighted by Gasteiger charge is 2.25. The summed E-state index contributed by atoms with van der Waals surface area (Å²) in [5.41, 5.74) is 0.842. The second-order valence-electron chi connectivity index (χ2n) is 5.29. The summed E-state index contributed by atoms with van der Waals surface area (Å²) >= 11 is 0. The van der Waals surface area contributed by atoms with Gasteiger partial charge in [-0.1, -0.05) is 6.07 Å². The van der Waals surface area contributed by atoms with E-state index in [1.54, 1.807) is 12.1 Å². The van der Waals surface area contributed by atoms with E-state index in [9.17, 15) is 15.0 Å². The maximum atomic E-state index is 11.2. The van der Waals surface area contributed by atoms with Crippen LogP contribution >= 0.6 is 0 Å². The van der Waals surface area contributed by atoms with Gasteiger partial charge in [0, 0.05) is 6.54 Å². The lowest BCUT2D eigenvalue weighted by atomic mass is 10.1. The molecule has 0 aliphatic carbocycles. The molecular formula is C15H21NO5. The number of nitrogens with zero attached hydrogens (tertiary/aromatic N) is 1. The Morgan fingerprint density at radius 1 is 1.48 bits per heavy atom. The van der Waals surface area contributed by atoms with Crippen molar-refractivity contribution in [2.24, 2.45) is 0 Å². The fourth-order valence-corrected chi connectivity index (χ4v) is 2.27. The van der Waals surface area contributed by atoms with Crippen molar-refractivity contribution in [1.82, 2.24) is 0 Å². The average Bonchev–Trinajstić information content (AvgIpc) is 2.44. The number of ether oxygens (including phenoxy) is 2. The van der Waals surface area contributed by atoms with Crippen LogP contribution in [-0.4, -0.2) is 54.7 Å². The molecule has 1 aromatic rings. The summed E-state index contributed by atoms with van der Waals surface area (Å²) < 4.78 is 10.9. The normalized spacial score (nSPS) is 15.5. The summed E-state index contributed by atoms with van der Waals surface area (Å²) in [6, 6.07) is 5.00. The van der Waals surface area contributed by atoms with E-state index in [2.05, 4.69) is 0 Å². The molecule has 6 heteroatoms. The second-order valence-corrected chi connectivity index (χ2v) is 5.29. The van der Waals surface area contributed by atoms with Gasteiger partial charge >= 0.3 is 5.97 Å². The first kappa shape index (κ1) is 15.6. The standard InChI is InChI=1S/C15H21NO5/c1-10(2)21-9-11(17)8-16-6-7-20-14-12(15(18)19)4-3-5-13(14)16/h3-5,10-11,17H,6-9H2,1-2H3,(H,18,19). The summed E-state index contributed by atoms with van der Waals surface area (Å²) in [6.07, 6.45) is -0.568. The number of carbonyl (C=O) groups is 1. The van der Waals surface area contributed by atoms with Gasteiger partial charge in [0.05, 0.1) is 31.0 Å². The molecule has 1 atom stereocenters. The van der Waals surface area contributed by atoms with Crippen molar-refractivity contribution in [2.45, 2.75) is 26.1 Å². The first-order valence-electron chi connectivity index (χ1n) is 7.02. The van der Waals surface area contributed by atoms with Crippen molar-refractivity contribution in [3.05, 3.63) is 23.8 Å². The number of aromatic carboxylic acids is 1. The van der Waals surface area contributed by atoms with E-state index in [0.29, 0.717) is 31.1 Å². The number of carboxylic acids is 1. The topological polar surface area (TPSA) is 79.2 Å². The Balaban J connectivity index is 2.11. The third-order valence-corrected chi connectivity index (χ3v) is 3.23. The molecule has 116 valence electrons. The second kappa shape index (κ2) is 6.78. The number of para-hydroxylation sites is 1. The maximum absolute atomic E-state index is 11.2. The van der Waals surface area contributed by atoms with Crippen LogP contribution < -0.4 is 9.64 Å². The highest BCUT2D eigenvalue weighted by Crippen LogP contribution is 2.34. The van der Waals surface area contributed by atoms with Crippen molar-refractivity contribution in [2.75, 3.05) is 31.2 Å². The monoisotopic (exact) mass is 295 g/mol. The minimum atomic E-state index is -1.02. The fraction of sp³-hybridized carbons (Fsp3) is 0.533. The Hall–Kier alpha value is -1.79. The summed E-state index contributed by atoms with van der Waals surface area (Å²) in [7, 11) is 0. The van der Waals surface area contributed by atoms with Gasteiger partial charge in [-0.05, 0) is 26.0 Å². The Bertz CT molecular complexity index is 503. The highest BCUT2D eigenvalue weighted by atomic mass is 16.5. The number of hydrogen-bond acceptors (Lipinski definition) is 5. The van der Waals surface area contributed by atoms with Crippen LogP contribution in [0.1, 0.15) is 24.2 Å². The van der Waals surface area contributed by atoms with E-state index in [4.69, 9.17) is 9.47 Å². The number of fused-ring (bicyclic) bond motifs is 1. The molecule has 0 saturated carbocycles. The zero-order valence-electron chi connectivity index (χ0n) is 12.3. The smallest absolute Gasteiger partial charge is 0.339 e. The van der Waals surface area contributed by atoms with Crippen molar-refractivity contribution in [3.8, 4) is 5.75 Å².